The predicted octanol–water partition coefficient (Wildman–Crippen LogP) is 1.95. The van der Waals surface area contributed by atoms with Gasteiger partial charge in [0, 0.05) is 38.6 Å². The third-order valence-electron chi connectivity index (χ3n) is 3.48. The van der Waals surface area contributed by atoms with E-state index < -0.39 is 0 Å². The zero-order valence-corrected chi connectivity index (χ0v) is 12.7. The number of hydrogen-bond donors (Lipinski definition) is 0. The molecule has 110 valence electrons. The smallest absolute Gasteiger partial charge is 0.225 e. The number of rotatable bonds is 2. The van der Waals surface area contributed by atoms with Gasteiger partial charge in [-0.3, -0.25) is 0 Å². The molecule has 7 heteroatoms. The van der Waals surface area contributed by atoms with Crippen molar-refractivity contribution in [2.24, 2.45) is 0 Å². The van der Waals surface area contributed by atoms with Crippen molar-refractivity contribution in [3.8, 4) is 0 Å². The summed E-state index contributed by atoms with van der Waals surface area (Å²) in [5.74, 6) is 2.34. The van der Waals surface area contributed by atoms with Crippen molar-refractivity contribution in [1.29, 1.82) is 0 Å². The van der Waals surface area contributed by atoms with Crippen LogP contribution in [0.3, 0.4) is 0 Å². The number of aromatic nitrogens is 4. The van der Waals surface area contributed by atoms with Crippen LogP contribution >= 0.6 is 11.6 Å². The van der Waals surface area contributed by atoms with Crippen molar-refractivity contribution in [3.05, 3.63) is 35.5 Å². The van der Waals surface area contributed by atoms with Gasteiger partial charge in [0.2, 0.25) is 5.95 Å². The fraction of sp³-hybridized carbons (Fsp3) is 0.429. The second-order valence-electron chi connectivity index (χ2n) is 4.97. The van der Waals surface area contributed by atoms with Gasteiger partial charge in [-0.25, -0.2) is 19.9 Å². The second-order valence-corrected chi connectivity index (χ2v) is 5.37. The molecule has 2 aromatic rings. The van der Waals surface area contributed by atoms with Gasteiger partial charge in [-0.1, -0.05) is 11.6 Å². The molecule has 0 atom stereocenters. The Bertz CT molecular complexity index is 606. The van der Waals surface area contributed by atoms with E-state index in [9.17, 15) is 0 Å². The minimum absolute atomic E-state index is 0.602. The van der Waals surface area contributed by atoms with Crippen molar-refractivity contribution in [2.75, 3.05) is 36.0 Å². The lowest BCUT2D eigenvalue weighted by Crippen LogP contribution is -2.32. The summed E-state index contributed by atoms with van der Waals surface area (Å²) in [6.45, 7) is 5.42. The molecule has 0 aromatic carbocycles. The monoisotopic (exact) mass is 304 g/mol. The first-order valence-corrected chi connectivity index (χ1v) is 7.38. The average molecular weight is 305 g/mol. The molecule has 0 N–H and O–H groups in total. The number of halogens is 1. The summed E-state index contributed by atoms with van der Waals surface area (Å²) in [5, 5.41) is 0.602. The molecular formula is C14H17ClN6. The van der Waals surface area contributed by atoms with Gasteiger partial charge < -0.3 is 9.80 Å². The van der Waals surface area contributed by atoms with Gasteiger partial charge in [0.25, 0.3) is 0 Å². The minimum atomic E-state index is 0.602. The molecule has 1 fully saturated rings. The van der Waals surface area contributed by atoms with Crippen LogP contribution in [0.25, 0.3) is 0 Å². The number of anilines is 2. The molecule has 0 spiro atoms. The van der Waals surface area contributed by atoms with Gasteiger partial charge in [-0.2, -0.15) is 0 Å². The van der Waals surface area contributed by atoms with Crippen molar-refractivity contribution < 1.29 is 0 Å². The van der Waals surface area contributed by atoms with Gasteiger partial charge in [0.15, 0.2) is 5.82 Å². The summed E-state index contributed by atoms with van der Waals surface area (Å²) < 4.78 is 0. The summed E-state index contributed by atoms with van der Waals surface area (Å²) >= 11 is 6.23. The number of aryl methyl sites for hydroxylation is 1. The first kappa shape index (κ1) is 14.0. The first-order chi connectivity index (χ1) is 10.2. The molecule has 0 aliphatic carbocycles. The summed E-state index contributed by atoms with van der Waals surface area (Å²) in [4.78, 5) is 21.6. The second kappa shape index (κ2) is 6.22. The van der Waals surface area contributed by atoms with E-state index in [0.717, 1.165) is 50.2 Å². The highest BCUT2D eigenvalue weighted by Gasteiger charge is 2.19. The van der Waals surface area contributed by atoms with Gasteiger partial charge >= 0.3 is 0 Å². The largest absolute Gasteiger partial charge is 0.353 e. The summed E-state index contributed by atoms with van der Waals surface area (Å²) in [7, 11) is 0. The van der Waals surface area contributed by atoms with Crippen LogP contribution in [0.4, 0.5) is 11.8 Å². The molecule has 21 heavy (non-hydrogen) atoms. The molecule has 2 aromatic heterocycles. The quantitative estimate of drug-likeness (QED) is 0.845. The van der Waals surface area contributed by atoms with Gasteiger partial charge in [0.1, 0.15) is 10.8 Å². The summed E-state index contributed by atoms with van der Waals surface area (Å²) in [6, 6.07) is 1.83. The Morgan fingerprint density at radius 3 is 2.52 bits per heavy atom. The molecule has 1 aliphatic rings. The van der Waals surface area contributed by atoms with Crippen molar-refractivity contribution in [3.63, 3.8) is 0 Å². The van der Waals surface area contributed by atoms with E-state index in [2.05, 4.69) is 29.7 Å². The maximum absolute atomic E-state index is 6.23. The first-order valence-electron chi connectivity index (χ1n) is 7.00. The topological polar surface area (TPSA) is 58.0 Å². The highest BCUT2D eigenvalue weighted by atomic mass is 35.5. The standard InChI is InChI=1S/C14H17ClN6/c1-11-18-10-12(15)13(19-11)20-6-3-7-21(9-8-20)14-16-4-2-5-17-14/h2,4-5,10H,3,6-9H2,1H3. The van der Waals surface area contributed by atoms with E-state index in [1.54, 1.807) is 18.6 Å². The normalized spacial score (nSPS) is 15.9. The maximum Gasteiger partial charge on any atom is 0.225 e. The Hall–Kier alpha value is -1.95. The van der Waals surface area contributed by atoms with Crippen LogP contribution in [0.15, 0.2) is 24.7 Å². The molecule has 1 aliphatic heterocycles. The van der Waals surface area contributed by atoms with E-state index >= 15 is 0 Å². The Morgan fingerprint density at radius 1 is 1.00 bits per heavy atom. The third kappa shape index (κ3) is 3.21. The lowest BCUT2D eigenvalue weighted by molar-refractivity contribution is 0.781. The van der Waals surface area contributed by atoms with Crippen molar-refractivity contribution >= 4 is 23.4 Å². The molecule has 6 nitrogen and oxygen atoms in total. The highest BCUT2D eigenvalue weighted by Crippen LogP contribution is 2.24. The number of nitrogens with zero attached hydrogens (tertiary/aromatic N) is 6. The number of hydrogen-bond acceptors (Lipinski definition) is 6. The zero-order valence-electron chi connectivity index (χ0n) is 11.9. The van der Waals surface area contributed by atoms with Crippen LogP contribution in [-0.4, -0.2) is 46.1 Å². The predicted molar refractivity (Wildman–Crippen MR) is 82.9 cm³/mol. The van der Waals surface area contributed by atoms with Gasteiger partial charge in [-0.05, 0) is 19.4 Å². The molecule has 0 radical (unpaired) electrons. The van der Waals surface area contributed by atoms with Crippen LogP contribution in [0.1, 0.15) is 12.2 Å². The summed E-state index contributed by atoms with van der Waals surface area (Å²) in [6.07, 6.45) is 6.23. The zero-order chi connectivity index (χ0) is 14.7. The Kier molecular flexibility index (Phi) is 4.15. The third-order valence-corrected chi connectivity index (χ3v) is 3.74. The van der Waals surface area contributed by atoms with Crippen LogP contribution in [-0.2, 0) is 0 Å². The van der Waals surface area contributed by atoms with E-state index in [0.29, 0.717) is 5.02 Å². The van der Waals surface area contributed by atoms with E-state index in [1.807, 2.05) is 13.0 Å². The van der Waals surface area contributed by atoms with Crippen molar-refractivity contribution in [2.45, 2.75) is 13.3 Å². The fourth-order valence-electron chi connectivity index (χ4n) is 2.45. The van der Waals surface area contributed by atoms with Crippen LogP contribution in [0, 0.1) is 6.92 Å². The van der Waals surface area contributed by atoms with Gasteiger partial charge in [-0.15, -0.1) is 0 Å². The molecule has 0 bridgehead atoms. The molecular weight excluding hydrogens is 288 g/mol. The van der Waals surface area contributed by atoms with Gasteiger partial charge in [0.05, 0.1) is 6.20 Å². The lowest BCUT2D eigenvalue weighted by atomic mass is 10.3. The molecule has 3 heterocycles. The average Bonchev–Trinajstić information content (AvgIpc) is 2.76. The SMILES string of the molecule is Cc1ncc(Cl)c(N2CCCN(c3ncccn3)CC2)n1. The van der Waals surface area contributed by atoms with E-state index in [4.69, 9.17) is 11.6 Å². The lowest BCUT2D eigenvalue weighted by Gasteiger charge is -2.23. The van der Waals surface area contributed by atoms with Crippen LogP contribution in [0.2, 0.25) is 5.02 Å². The van der Waals surface area contributed by atoms with Crippen LogP contribution < -0.4 is 9.80 Å². The Labute approximate surface area is 128 Å². The van der Waals surface area contributed by atoms with E-state index in [1.165, 1.54) is 0 Å². The highest BCUT2D eigenvalue weighted by molar-refractivity contribution is 6.32. The Balaban J connectivity index is 1.75. The molecule has 3 rings (SSSR count). The maximum atomic E-state index is 6.23. The van der Waals surface area contributed by atoms with Crippen molar-refractivity contribution in [1.82, 2.24) is 19.9 Å². The molecule has 1 saturated heterocycles. The molecule has 0 saturated carbocycles. The van der Waals surface area contributed by atoms with E-state index in [-0.39, 0.29) is 0 Å². The molecule has 0 unspecified atom stereocenters. The molecule has 0 amide bonds. The van der Waals surface area contributed by atoms with Crippen LogP contribution in [0.5, 0.6) is 0 Å². The minimum Gasteiger partial charge on any atom is -0.353 e. The fourth-order valence-corrected chi connectivity index (χ4v) is 2.66. The summed E-state index contributed by atoms with van der Waals surface area (Å²) in [5.41, 5.74) is 0. The Morgan fingerprint density at radius 2 is 1.71 bits per heavy atom.